The van der Waals surface area contributed by atoms with Crippen LogP contribution < -0.4 is 10.0 Å². The summed E-state index contributed by atoms with van der Waals surface area (Å²) in [5.41, 5.74) is 0. The average Bonchev–Trinajstić information content (AvgIpc) is 2.73. The fourth-order valence-electron chi connectivity index (χ4n) is 1.81. The van der Waals surface area contributed by atoms with Gasteiger partial charge in [0.1, 0.15) is 0 Å². The largest absolute Gasteiger partial charge is 0.313 e. The van der Waals surface area contributed by atoms with Crippen LogP contribution in [0.2, 0.25) is 5.02 Å². The Morgan fingerprint density at radius 2 is 2.41 bits per heavy atom. The summed E-state index contributed by atoms with van der Waals surface area (Å²) < 4.78 is 26.1. The molecule has 1 aromatic rings. The first-order chi connectivity index (χ1) is 8.07. The van der Waals surface area contributed by atoms with Crippen LogP contribution in [0.5, 0.6) is 0 Å². The minimum Gasteiger partial charge on any atom is -0.313 e. The number of sulfonamides is 1. The Hall–Kier alpha value is -0.850. The van der Waals surface area contributed by atoms with Crippen molar-refractivity contribution in [3.63, 3.8) is 0 Å². The van der Waals surface area contributed by atoms with E-state index in [9.17, 15) is 8.42 Å². The van der Waals surface area contributed by atoms with E-state index in [4.69, 9.17) is 11.6 Å². The third-order valence-electron chi connectivity index (χ3n) is 2.59. The van der Waals surface area contributed by atoms with Gasteiger partial charge in [-0.2, -0.15) is 0 Å². The van der Waals surface area contributed by atoms with Gasteiger partial charge in [0.2, 0.25) is 10.0 Å². The molecule has 0 aliphatic carbocycles. The number of hydrogen-bond acceptors (Lipinski definition) is 4. The molecule has 17 heavy (non-hydrogen) atoms. The molecule has 2 heterocycles. The SMILES string of the molecule is O=S(=O)(CC1CCCN1)Nc1ncccc1Cl. The molecule has 5 nitrogen and oxygen atoms in total. The van der Waals surface area contributed by atoms with Crippen LogP contribution in [0.1, 0.15) is 12.8 Å². The summed E-state index contributed by atoms with van der Waals surface area (Å²) in [7, 11) is -3.40. The van der Waals surface area contributed by atoms with Gasteiger partial charge in [0, 0.05) is 12.2 Å². The van der Waals surface area contributed by atoms with Crippen LogP contribution in [0.15, 0.2) is 18.3 Å². The van der Waals surface area contributed by atoms with Crippen molar-refractivity contribution in [2.75, 3.05) is 17.0 Å². The molecule has 94 valence electrons. The molecule has 0 saturated carbocycles. The number of nitrogens with zero attached hydrogens (tertiary/aromatic N) is 1. The minimum atomic E-state index is -3.40. The van der Waals surface area contributed by atoms with Crippen molar-refractivity contribution in [1.82, 2.24) is 10.3 Å². The summed E-state index contributed by atoms with van der Waals surface area (Å²) in [6.07, 6.45) is 3.40. The molecule has 2 rings (SSSR count). The van der Waals surface area contributed by atoms with E-state index in [0.717, 1.165) is 19.4 Å². The van der Waals surface area contributed by atoms with Crippen LogP contribution in [0.3, 0.4) is 0 Å². The Kier molecular flexibility index (Phi) is 3.86. The third-order valence-corrected chi connectivity index (χ3v) is 4.24. The monoisotopic (exact) mass is 275 g/mol. The molecular formula is C10H14ClN3O2S. The van der Waals surface area contributed by atoms with Gasteiger partial charge in [-0.15, -0.1) is 0 Å². The topological polar surface area (TPSA) is 71.1 Å². The van der Waals surface area contributed by atoms with Crippen molar-refractivity contribution in [1.29, 1.82) is 0 Å². The number of halogens is 1. The van der Waals surface area contributed by atoms with Gasteiger partial charge < -0.3 is 5.32 Å². The van der Waals surface area contributed by atoms with Crippen LogP contribution in [0.4, 0.5) is 5.82 Å². The third kappa shape index (κ3) is 3.55. The molecule has 1 aromatic heterocycles. The predicted molar refractivity (Wildman–Crippen MR) is 67.7 cm³/mol. The number of pyridine rings is 1. The van der Waals surface area contributed by atoms with Crippen molar-refractivity contribution in [3.05, 3.63) is 23.4 Å². The molecule has 0 amide bonds. The maximum absolute atomic E-state index is 11.9. The summed E-state index contributed by atoms with van der Waals surface area (Å²) >= 11 is 5.84. The molecule has 0 aromatic carbocycles. The van der Waals surface area contributed by atoms with Gasteiger partial charge in [0.05, 0.1) is 10.8 Å². The van der Waals surface area contributed by atoms with E-state index in [0.29, 0.717) is 5.02 Å². The molecule has 1 aliphatic rings. The van der Waals surface area contributed by atoms with E-state index < -0.39 is 10.0 Å². The Labute approximate surface area is 106 Å². The number of nitrogens with one attached hydrogen (secondary N) is 2. The Bertz CT molecular complexity index is 486. The standard InChI is InChI=1S/C10H14ClN3O2S/c11-9-4-2-6-13-10(9)14-17(15,16)7-8-3-1-5-12-8/h2,4,6,8,12H,1,3,5,7H2,(H,13,14). The van der Waals surface area contributed by atoms with Gasteiger partial charge in [-0.3, -0.25) is 4.72 Å². The lowest BCUT2D eigenvalue weighted by Gasteiger charge is -2.12. The van der Waals surface area contributed by atoms with Crippen LogP contribution in [0.25, 0.3) is 0 Å². The molecule has 7 heteroatoms. The van der Waals surface area contributed by atoms with Gasteiger partial charge in [-0.25, -0.2) is 13.4 Å². The lowest BCUT2D eigenvalue weighted by Crippen LogP contribution is -2.33. The number of anilines is 1. The van der Waals surface area contributed by atoms with Crippen LogP contribution >= 0.6 is 11.6 Å². The van der Waals surface area contributed by atoms with Gasteiger partial charge in [0.15, 0.2) is 5.82 Å². The molecule has 1 fully saturated rings. The Morgan fingerprint density at radius 1 is 1.59 bits per heavy atom. The number of hydrogen-bond donors (Lipinski definition) is 2. The molecule has 1 atom stereocenters. The molecule has 1 aliphatic heterocycles. The van der Waals surface area contributed by atoms with Gasteiger partial charge in [-0.1, -0.05) is 11.6 Å². The van der Waals surface area contributed by atoms with E-state index in [1.807, 2.05) is 0 Å². The second-order valence-corrected chi connectivity index (χ2v) is 6.18. The van der Waals surface area contributed by atoms with Crippen molar-refractivity contribution in [3.8, 4) is 0 Å². The maximum atomic E-state index is 11.9. The van der Waals surface area contributed by atoms with Gasteiger partial charge in [-0.05, 0) is 31.5 Å². The minimum absolute atomic E-state index is 0.0231. The molecule has 2 N–H and O–H groups in total. The summed E-state index contributed by atoms with van der Waals surface area (Å²) in [6, 6.07) is 3.27. The summed E-state index contributed by atoms with van der Waals surface area (Å²) in [4.78, 5) is 3.90. The van der Waals surface area contributed by atoms with E-state index in [2.05, 4.69) is 15.0 Å². The van der Waals surface area contributed by atoms with E-state index in [-0.39, 0.29) is 17.6 Å². The first kappa shape index (κ1) is 12.6. The maximum Gasteiger partial charge on any atom is 0.235 e. The summed E-state index contributed by atoms with van der Waals surface area (Å²) in [6.45, 7) is 0.879. The zero-order chi connectivity index (χ0) is 12.3. The molecule has 0 radical (unpaired) electrons. The summed E-state index contributed by atoms with van der Waals surface area (Å²) in [5.74, 6) is 0.243. The fraction of sp³-hybridized carbons (Fsp3) is 0.500. The molecule has 1 unspecified atom stereocenters. The van der Waals surface area contributed by atoms with Crippen LogP contribution in [-0.2, 0) is 10.0 Å². The highest BCUT2D eigenvalue weighted by Crippen LogP contribution is 2.19. The first-order valence-electron chi connectivity index (χ1n) is 5.41. The zero-order valence-corrected chi connectivity index (χ0v) is 10.8. The highest BCUT2D eigenvalue weighted by Gasteiger charge is 2.22. The molecular weight excluding hydrogens is 262 g/mol. The number of rotatable bonds is 4. The van der Waals surface area contributed by atoms with Crippen molar-refractivity contribution in [2.45, 2.75) is 18.9 Å². The summed E-state index contributed by atoms with van der Waals surface area (Å²) in [5, 5.41) is 3.44. The number of aromatic nitrogens is 1. The Balaban J connectivity index is 2.04. The first-order valence-corrected chi connectivity index (χ1v) is 7.44. The Morgan fingerprint density at radius 3 is 3.06 bits per heavy atom. The lowest BCUT2D eigenvalue weighted by molar-refractivity contribution is 0.581. The smallest absolute Gasteiger partial charge is 0.235 e. The highest BCUT2D eigenvalue weighted by atomic mass is 35.5. The van der Waals surface area contributed by atoms with Gasteiger partial charge in [0.25, 0.3) is 0 Å². The molecule has 0 bridgehead atoms. The predicted octanol–water partition coefficient (Wildman–Crippen LogP) is 1.23. The van der Waals surface area contributed by atoms with Crippen LogP contribution in [-0.4, -0.2) is 31.7 Å². The van der Waals surface area contributed by atoms with E-state index in [1.165, 1.54) is 6.20 Å². The highest BCUT2D eigenvalue weighted by molar-refractivity contribution is 7.92. The average molecular weight is 276 g/mol. The van der Waals surface area contributed by atoms with Crippen molar-refractivity contribution >= 4 is 27.4 Å². The van der Waals surface area contributed by atoms with Crippen molar-refractivity contribution < 1.29 is 8.42 Å². The van der Waals surface area contributed by atoms with Gasteiger partial charge >= 0.3 is 0 Å². The second kappa shape index (κ2) is 5.20. The second-order valence-electron chi connectivity index (χ2n) is 4.01. The molecule has 0 spiro atoms. The van der Waals surface area contributed by atoms with E-state index in [1.54, 1.807) is 12.1 Å². The fourth-order valence-corrected chi connectivity index (χ4v) is 3.39. The van der Waals surface area contributed by atoms with E-state index >= 15 is 0 Å². The van der Waals surface area contributed by atoms with Crippen LogP contribution in [0, 0.1) is 0 Å². The quantitative estimate of drug-likeness (QED) is 0.867. The lowest BCUT2D eigenvalue weighted by atomic mass is 10.3. The van der Waals surface area contributed by atoms with Crippen molar-refractivity contribution in [2.24, 2.45) is 0 Å². The normalized spacial score (nSPS) is 20.4. The zero-order valence-electron chi connectivity index (χ0n) is 9.19. The molecule has 1 saturated heterocycles.